The highest BCUT2D eigenvalue weighted by atomic mass is 32.2. The zero-order valence-electron chi connectivity index (χ0n) is 17.2. The molecule has 2 aromatic heterocycles. The lowest BCUT2D eigenvalue weighted by molar-refractivity contribution is 0.101. The second kappa shape index (κ2) is 9.53. The summed E-state index contributed by atoms with van der Waals surface area (Å²) in [5, 5.41) is 2.76. The van der Waals surface area contributed by atoms with Crippen LogP contribution in [0.25, 0.3) is 0 Å². The van der Waals surface area contributed by atoms with Crippen molar-refractivity contribution in [2.45, 2.75) is 24.3 Å². The van der Waals surface area contributed by atoms with E-state index in [0.29, 0.717) is 22.8 Å². The molecule has 9 nitrogen and oxygen atoms in total. The summed E-state index contributed by atoms with van der Waals surface area (Å²) in [5.74, 6) is 1.79. The van der Waals surface area contributed by atoms with Gasteiger partial charge in [-0.3, -0.25) is 4.79 Å². The van der Waals surface area contributed by atoms with E-state index in [9.17, 15) is 13.2 Å². The van der Waals surface area contributed by atoms with Crippen molar-refractivity contribution in [3.05, 3.63) is 66.1 Å². The third kappa shape index (κ3) is 5.35. The molecular weight excluding hydrogens is 450 g/mol. The van der Waals surface area contributed by atoms with E-state index < -0.39 is 10.0 Å². The summed E-state index contributed by atoms with van der Waals surface area (Å²) in [4.78, 5) is 25.0. The van der Waals surface area contributed by atoms with Gasteiger partial charge in [0.25, 0.3) is 15.9 Å². The first kappa shape index (κ1) is 22.0. The molecule has 1 aliphatic heterocycles. The van der Waals surface area contributed by atoms with Gasteiger partial charge < -0.3 is 10.1 Å². The van der Waals surface area contributed by atoms with Crippen LogP contribution < -0.4 is 14.8 Å². The molecule has 1 atom stereocenters. The molecule has 1 aromatic carbocycles. The van der Waals surface area contributed by atoms with E-state index in [2.05, 4.69) is 25.0 Å². The highest BCUT2D eigenvalue weighted by molar-refractivity contribution is 7.99. The molecule has 166 valence electrons. The number of rotatable bonds is 7. The summed E-state index contributed by atoms with van der Waals surface area (Å²) in [7, 11) is -3.87. The Morgan fingerprint density at radius 3 is 2.66 bits per heavy atom. The number of nitrogens with one attached hydrogen (secondary N) is 2. The van der Waals surface area contributed by atoms with E-state index in [1.165, 1.54) is 30.5 Å². The molecule has 3 aromatic rings. The lowest BCUT2D eigenvalue weighted by atomic mass is 10.2. The van der Waals surface area contributed by atoms with Crippen LogP contribution in [-0.4, -0.2) is 46.9 Å². The molecule has 1 saturated heterocycles. The first-order valence-electron chi connectivity index (χ1n) is 9.84. The van der Waals surface area contributed by atoms with Crippen LogP contribution >= 0.6 is 11.8 Å². The maximum absolute atomic E-state index is 12.8. The number of hydrogen-bond donors (Lipinski definition) is 2. The van der Waals surface area contributed by atoms with Crippen molar-refractivity contribution >= 4 is 39.3 Å². The van der Waals surface area contributed by atoms with Crippen molar-refractivity contribution in [3.8, 4) is 5.88 Å². The van der Waals surface area contributed by atoms with Gasteiger partial charge in [0.2, 0.25) is 11.8 Å². The molecule has 0 bridgehead atoms. The standard InChI is InChI=1S/C21H21N5O4S2/c1-14-8-11-23-21(24-14)26-32(28,29)17-6-4-15(5-7-17)25-19(27)18-3-2-10-22-20(18)30-16-9-12-31-13-16/h2-8,10-11,16H,9,12-13H2,1H3,(H,25,27)(H,23,24,26). The van der Waals surface area contributed by atoms with E-state index in [4.69, 9.17) is 4.74 Å². The molecule has 2 N–H and O–H groups in total. The third-order valence-electron chi connectivity index (χ3n) is 4.62. The Kier molecular flexibility index (Phi) is 6.56. The highest BCUT2D eigenvalue weighted by Gasteiger charge is 2.22. The lowest BCUT2D eigenvalue weighted by Gasteiger charge is -2.14. The van der Waals surface area contributed by atoms with Crippen molar-refractivity contribution in [1.29, 1.82) is 0 Å². The summed E-state index contributed by atoms with van der Waals surface area (Å²) in [6.07, 6.45) is 4.01. The summed E-state index contributed by atoms with van der Waals surface area (Å²) < 4.78 is 33.4. The fourth-order valence-electron chi connectivity index (χ4n) is 3.01. The molecule has 1 fully saturated rings. The maximum Gasteiger partial charge on any atom is 0.264 e. The number of carbonyl (C=O) groups is 1. The van der Waals surface area contributed by atoms with Crippen molar-refractivity contribution < 1.29 is 17.9 Å². The van der Waals surface area contributed by atoms with Crippen molar-refractivity contribution in [2.75, 3.05) is 21.5 Å². The molecule has 3 heterocycles. The first-order valence-corrected chi connectivity index (χ1v) is 12.5. The smallest absolute Gasteiger partial charge is 0.264 e. The minimum Gasteiger partial charge on any atom is -0.473 e. The Labute approximate surface area is 190 Å². The van der Waals surface area contributed by atoms with Gasteiger partial charge in [0, 0.05) is 29.5 Å². The zero-order chi connectivity index (χ0) is 22.6. The second-order valence-corrected chi connectivity index (χ2v) is 9.90. The van der Waals surface area contributed by atoms with Gasteiger partial charge in [0.05, 0.1) is 4.90 Å². The molecule has 0 saturated carbocycles. The molecule has 0 aliphatic carbocycles. The number of benzene rings is 1. The van der Waals surface area contributed by atoms with Crippen LogP contribution in [0.2, 0.25) is 0 Å². The van der Waals surface area contributed by atoms with Crippen molar-refractivity contribution in [3.63, 3.8) is 0 Å². The predicted molar refractivity (Wildman–Crippen MR) is 123 cm³/mol. The summed E-state index contributed by atoms with van der Waals surface area (Å²) in [5.41, 5.74) is 1.40. The highest BCUT2D eigenvalue weighted by Crippen LogP contribution is 2.25. The number of thioether (sulfide) groups is 1. The SMILES string of the molecule is Cc1ccnc(NS(=O)(=O)c2ccc(NC(=O)c3cccnc3OC3CCSC3)cc2)n1. The molecule has 32 heavy (non-hydrogen) atoms. The Bertz CT molecular complexity index is 1210. The minimum absolute atomic E-state index is 0.00727. The van der Waals surface area contributed by atoms with Crippen LogP contribution in [0.5, 0.6) is 5.88 Å². The van der Waals surface area contributed by atoms with Gasteiger partial charge in [-0.15, -0.1) is 0 Å². The molecule has 0 spiro atoms. The molecule has 4 rings (SSSR count). The minimum atomic E-state index is -3.87. The number of pyridine rings is 1. The Balaban J connectivity index is 1.45. The third-order valence-corrected chi connectivity index (χ3v) is 7.10. The van der Waals surface area contributed by atoms with E-state index in [1.54, 1.807) is 31.3 Å². The summed E-state index contributed by atoms with van der Waals surface area (Å²) in [6.45, 7) is 1.74. The van der Waals surface area contributed by atoms with E-state index in [-0.39, 0.29) is 22.9 Å². The van der Waals surface area contributed by atoms with Gasteiger partial charge in [-0.2, -0.15) is 11.8 Å². The van der Waals surface area contributed by atoms with Gasteiger partial charge >= 0.3 is 0 Å². The van der Waals surface area contributed by atoms with Crippen LogP contribution in [0.3, 0.4) is 0 Å². The largest absolute Gasteiger partial charge is 0.473 e. The summed E-state index contributed by atoms with van der Waals surface area (Å²) in [6, 6.07) is 10.8. The monoisotopic (exact) mass is 471 g/mol. The van der Waals surface area contributed by atoms with Gasteiger partial charge in [0.1, 0.15) is 11.7 Å². The predicted octanol–water partition coefficient (Wildman–Crippen LogP) is 3.12. The number of carbonyl (C=O) groups excluding carboxylic acids is 1. The van der Waals surface area contributed by atoms with E-state index >= 15 is 0 Å². The molecule has 1 unspecified atom stereocenters. The number of sulfonamides is 1. The van der Waals surface area contributed by atoms with Crippen LogP contribution in [0.4, 0.5) is 11.6 Å². The first-order chi connectivity index (χ1) is 15.4. The Morgan fingerprint density at radius 2 is 1.94 bits per heavy atom. The van der Waals surface area contributed by atoms with E-state index in [1.807, 2.05) is 11.8 Å². The maximum atomic E-state index is 12.8. The normalized spacial score (nSPS) is 15.8. The topological polar surface area (TPSA) is 123 Å². The molecule has 11 heteroatoms. The van der Waals surface area contributed by atoms with E-state index in [0.717, 1.165) is 17.9 Å². The number of aryl methyl sites for hydroxylation is 1. The molecule has 0 radical (unpaired) electrons. The Morgan fingerprint density at radius 1 is 1.12 bits per heavy atom. The number of nitrogens with zero attached hydrogens (tertiary/aromatic N) is 3. The van der Waals surface area contributed by atoms with Gasteiger partial charge in [-0.1, -0.05) is 0 Å². The van der Waals surface area contributed by atoms with Crippen LogP contribution in [0.15, 0.2) is 59.8 Å². The average Bonchev–Trinajstić information content (AvgIpc) is 3.27. The second-order valence-electron chi connectivity index (χ2n) is 7.07. The fraction of sp³-hybridized carbons (Fsp3) is 0.238. The van der Waals surface area contributed by atoms with Crippen LogP contribution in [0, 0.1) is 6.92 Å². The van der Waals surface area contributed by atoms with Crippen molar-refractivity contribution in [2.24, 2.45) is 0 Å². The number of amides is 1. The zero-order valence-corrected chi connectivity index (χ0v) is 18.8. The van der Waals surface area contributed by atoms with Crippen molar-refractivity contribution in [1.82, 2.24) is 15.0 Å². The fourth-order valence-corrected chi connectivity index (χ4v) is 5.06. The van der Waals surface area contributed by atoms with Gasteiger partial charge in [0.15, 0.2) is 0 Å². The van der Waals surface area contributed by atoms with Gasteiger partial charge in [-0.05, 0) is 61.6 Å². The average molecular weight is 472 g/mol. The molecular formula is C21H21N5O4S2. The van der Waals surface area contributed by atoms with Crippen LogP contribution in [-0.2, 0) is 10.0 Å². The Hall–Kier alpha value is -3.18. The summed E-state index contributed by atoms with van der Waals surface area (Å²) >= 11 is 1.81. The number of ether oxygens (including phenoxy) is 1. The molecule has 1 amide bonds. The quantitative estimate of drug-likeness (QED) is 0.539. The lowest BCUT2D eigenvalue weighted by Crippen LogP contribution is -2.20. The number of anilines is 2. The van der Waals surface area contributed by atoms with Gasteiger partial charge in [-0.25, -0.2) is 28.1 Å². The molecule has 1 aliphatic rings. The number of hydrogen-bond acceptors (Lipinski definition) is 8. The number of aromatic nitrogens is 3. The van der Waals surface area contributed by atoms with Crippen LogP contribution in [0.1, 0.15) is 22.5 Å².